The summed E-state index contributed by atoms with van der Waals surface area (Å²) < 4.78 is 0. The highest BCUT2D eigenvalue weighted by atomic mass is 16.2. The lowest BCUT2D eigenvalue weighted by Crippen LogP contribution is -2.44. The van der Waals surface area contributed by atoms with E-state index in [1.807, 2.05) is 24.1 Å². The van der Waals surface area contributed by atoms with Crippen molar-refractivity contribution in [3.63, 3.8) is 0 Å². The Morgan fingerprint density at radius 2 is 1.60 bits per heavy atom. The lowest BCUT2D eigenvalue weighted by Gasteiger charge is -2.34. The predicted molar refractivity (Wildman–Crippen MR) is 166 cm³/mol. The van der Waals surface area contributed by atoms with Crippen LogP contribution in [0.25, 0.3) is 22.8 Å². The Morgan fingerprint density at radius 1 is 0.900 bits per heavy atom. The topological polar surface area (TPSA) is 57.9 Å². The number of hydrogen-bond acceptors (Lipinski definition) is 5. The summed E-state index contributed by atoms with van der Waals surface area (Å²) >= 11 is 0. The number of piperazine rings is 1. The van der Waals surface area contributed by atoms with E-state index < -0.39 is 0 Å². The number of aromatic nitrogens is 1. The van der Waals surface area contributed by atoms with Gasteiger partial charge in [-0.05, 0) is 93.0 Å². The third-order valence-corrected chi connectivity index (χ3v) is 8.76. The lowest BCUT2D eigenvalue weighted by molar-refractivity contribution is 0.0789. The van der Waals surface area contributed by atoms with Crippen molar-refractivity contribution in [2.45, 2.75) is 19.3 Å². The molecule has 7 nitrogen and oxygen atoms in total. The fourth-order valence-electron chi connectivity index (χ4n) is 6.17. The molecular formula is C33H42N6O. The number of aromatic amines is 1. The molecule has 3 aromatic rings. The first-order valence-electron chi connectivity index (χ1n) is 14.8. The zero-order chi connectivity index (χ0) is 27.5. The Balaban J connectivity index is 1.12. The molecule has 1 aromatic heterocycles. The van der Waals surface area contributed by atoms with Gasteiger partial charge in [-0.1, -0.05) is 24.3 Å². The van der Waals surface area contributed by atoms with Crippen LogP contribution in [-0.4, -0.2) is 98.6 Å². The van der Waals surface area contributed by atoms with Crippen molar-refractivity contribution < 1.29 is 4.79 Å². The van der Waals surface area contributed by atoms with Crippen molar-refractivity contribution in [1.82, 2.24) is 19.7 Å². The largest absolute Gasteiger partial charge is 0.369 e. The van der Waals surface area contributed by atoms with Gasteiger partial charge in [0.1, 0.15) is 5.82 Å². The first kappa shape index (κ1) is 26.7. The highest BCUT2D eigenvalue weighted by Crippen LogP contribution is 2.36. The summed E-state index contributed by atoms with van der Waals surface area (Å²) in [7, 11) is 4.11. The summed E-state index contributed by atoms with van der Waals surface area (Å²) in [4.78, 5) is 25.7. The van der Waals surface area contributed by atoms with Gasteiger partial charge in [-0.15, -0.1) is 0 Å². The maximum Gasteiger partial charge on any atom is 0.253 e. The van der Waals surface area contributed by atoms with Crippen molar-refractivity contribution >= 4 is 29.1 Å². The minimum atomic E-state index is 0.0907. The molecule has 2 N–H and O–H groups in total. The maximum absolute atomic E-state index is 13.0. The van der Waals surface area contributed by atoms with Gasteiger partial charge in [0.15, 0.2) is 0 Å². The van der Waals surface area contributed by atoms with E-state index in [0.29, 0.717) is 0 Å². The van der Waals surface area contributed by atoms with E-state index >= 15 is 0 Å². The number of carbonyl (C=O) groups excluding carboxylic acids is 1. The van der Waals surface area contributed by atoms with Gasteiger partial charge >= 0.3 is 0 Å². The molecule has 0 spiro atoms. The predicted octanol–water partition coefficient (Wildman–Crippen LogP) is 4.96. The molecule has 0 saturated carbocycles. The quantitative estimate of drug-likeness (QED) is 0.425. The van der Waals surface area contributed by atoms with Gasteiger partial charge in [-0.3, -0.25) is 4.79 Å². The van der Waals surface area contributed by atoms with Crippen molar-refractivity contribution in [3.05, 3.63) is 71.4 Å². The number of rotatable bonds is 8. The molecule has 2 fully saturated rings. The van der Waals surface area contributed by atoms with Crippen LogP contribution in [0.3, 0.4) is 0 Å². The number of amides is 1. The number of nitrogens with zero attached hydrogens (tertiary/aromatic N) is 4. The first-order valence-corrected chi connectivity index (χ1v) is 14.8. The number of fused-ring (bicyclic) bond motifs is 1. The van der Waals surface area contributed by atoms with E-state index in [2.05, 4.69) is 80.7 Å². The Labute approximate surface area is 238 Å². The molecule has 3 aliphatic heterocycles. The number of H-pyrrole nitrogens is 1. The Kier molecular flexibility index (Phi) is 7.93. The van der Waals surface area contributed by atoms with Crippen LogP contribution in [0.2, 0.25) is 0 Å². The monoisotopic (exact) mass is 538 g/mol. The molecular weight excluding hydrogens is 496 g/mol. The smallest absolute Gasteiger partial charge is 0.253 e. The van der Waals surface area contributed by atoms with Crippen LogP contribution in [0.5, 0.6) is 0 Å². The summed E-state index contributed by atoms with van der Waals surface area (Å²) in [5.74, 6) is 1.14. The van der Waals surface area contributed by atoms with E-state index in [1.165, 1.54) is 48.3 Å². The number of anilines is 2. The third-order valence-electron chi connectivity index (χ3n) is 8.76. The fourth-order valence-corrected chi connectivity index (χ4v) is 6.17. The summed E-state index contributed by atoms with van der Waals surface area (Å²) in [6, 6.07) is 17.1. The lowest BCUT2D eigenvalue weighted by atomic mass is 9.96. The second-order valence-electron chi connectivity index (χ2n) is 11.6. The maximum atomic E-state index is 13.0. The van der Waals surface area contributed by atoms with Crippen molar-refractivity contribution in [2.75, 3.05) is 83.2 Å². The molecule has 2 aromatic carbocycles. The van der Waals surface area contributed by atoms with Crippen LogP contribution >= 0.6 is 0 Å². The molecule has 1 amide bonds. The van der Waals surface area contributed by atoms with Crippen LogP contribution in [0.15, 0.2) is 54.7 Å². The minimum Gasteiger partial charge on any atom is -0.369 e. The summed E-state index contributed by atoms with van der Waals surface area (Å²) in [5, 5.41) is 3.56. The highest BCUT2D eigenvalue weighted by molar-refractivity contribution is 5.97. The van der Waals surface area contributed by atoms with Gasteiger partial charge in [-0.25, -0.2) is 0 Å². The van der Waals surface area contributed by atoms with E-state index in [0.717, 1.165) is 74.7 Å². The zero-order valence-corrected chi connectivity index (χ0v) is 24.0. The number of nitrogens with one attached hydrogen (secondary N) is 2. The molecule has 0 bridgehead atoms. The van der Waals surface area contributed by atoms with Crippen LogP contribution in [-0.2, 0) is 0 Å². The Hall–Kier alpha value is -3.55. The number of carbonyl (C=O) groups is 1. The van der Waals surface area contributed by atoms with Crippen LogP contribution < -0.4 is 10.2 Å². The van der Waals surface area contributed by atoms with Crippen molar-refractivity contribution in [1.29, 1.82) is 0 Å². The highest BCUT2D eigenvalue weighted by Gasteiger charge is 2.20. The SMILES string of the molecule is CN1CCN(c2ccc(C3=Cc4c(-c5ccc(C(=O)N(C)CCCN6CCCC6)cc5)c[nH]c4NC3)cc2)CC1. The molecule has 6 rings (SSSR count). The van der Waals surface area contributed by atoms with E-state index in [1.54, 1.807) is 0 Å². The van der Waals surface area contributed by atoms with E-state index in [9.17, 15) is 4.79 Å². The number of likely N-dealkylation sites (tertiary alicyclic amines) is 1. The summed E-state index contributed by atoms with van der Waals surface area (Å²) in [5.41, 5.74) is 7.99. The molecule has 210 valence electrons. The second kappa shape index (κ2) is 11.9. The van der Waals surface area contributed by atoms with Crippen LogP contribution in [0, 0.1) is 0 Å². The van der Waals surface area contributed by atoms with Gasteiger partial charge < -0.3 is 29.9 Å². The van der Waals surface area contributed by atoms with E-state index in [-0.39, 0.29) is 5.91 Å². The number of likely N-dealkylation sites (N-methyl/N-ethyl adjacent to an activating group) is 1. The molecule has 40 heavy (non-hydrogen) atoms. The Morgan fingerprint density at radius 3 is 2.33 bits per heavy atom. The molecule has 0 radical (unpaired) electrons. The van der Waals surface area contributed by atoms with Gasteiger partial charge in [0.25, 0.3) is 5.91 Å². The van der Waals surface area contributed by atoms with Crippen LogP contribution in [0.1, 0.15) is 40.7 Å². The van der Waals surface area contributed by atoms with Gasteiger partial charge in [0.05, 0.1) is 0 Å². The van der Waals surface area contributed by atoms with Gasteiger partial charge in [0.2, 0.25) is 0 Å². The standard InChI is InChI=1S/C33H42N6O/c1-36-18-20-39(21-19-36)29-12-10-25(11-13-29)28-22-30-31(24-35-32(30)34-23-28)26-6-8-27(9-7-26)33(40)37(2)14-5-17-38-15-3-4-16-38/h6-13,22,24,34-35H,3-5,14-21,23H2,1-2H3. The van der Waals surface area contributed by atoms with Gasteiger partial charge in [0, 0.05) is 74.9 Å². The third kappa shape index (κ3) is 5.81. The molecule has 0 unspecified atom stereocenters. The average molecular weight is 539 g/mol. The molecule has 2 saturated heterocycles. The molecule has 4 heterocycles. The van der Waals surface area contributed by atoms with Crippen molar-refractivity contribution in [2.24, 2.45) is 0 Å². The zero-order valence-electron chi connectivity index (χ0n) is 24.0. The van der Waals surface area contributed by atoms with Crippen LogP contribution in [0.4, 0.5) is 11.5 Å². The molecule has 0 aliphatic carbocycles. The molecule has 7 heteroatoms. The van der Waals surface area contributed by atoms with Crippen molar-refractivity contribution in [3.8, 4) is 11.1 Å². The average Bonchev–Trinajstić information content (AvgIpc) is 3.67. The van der Waals surface area contributed by atoms with Gasteiger partial charge in [-0.2, -0.15) is 0 Å². The first-order chi connectivity index (χ1) is 19.5. The summed E-state index contributed by atoms with van der Waals surface area (Å²) in [6.45, 7) is 9.45. The normalized spacial score (nSPS) is 17.9. The minimum absolute atomic E-state index is 0.0907. The summed E-state index contributed by atoms with van der Waals surface area (Å²) in [6.07, 6.45) is 8.01. The van der Waals surface area contributed by atoms with E-state index in [4.69, 9.17) is 0 Å². The Bertz CT molecular complexity index is 1330. The number of hydrogen-bond donors (Lipinski definition) is 2. The fraction of sp³-hybridized carbons (Fsp3) is 0.424. The second-order valence-corrected chi connectivity index (χ2v) is 11.6. The molecule has 0 atom stereocenters. The number of benzene rings is 2. The molecule has 3 aliphatic rings.